The lowest BCUT2D eigenvalue weighted by Crippen LogP contribution is -2.15. The summed E-state index contributed by atoms with van der Waals surface area (Å²) in [4.78, 5) is -0.0458. The molecule has 2 rings (SSSR count). The molecule has 20 heavy (non-hydrogen) atoms. The van der Waals surface area contributed by atoms with Crippen molar-refractivity contribution in [2.24, 2.45) is 0 Å². The van der Waals surface area contributed by atoms with Crippen molar-refractivity contribution in [2.45, 2.75) is 25.7 Å². The number of aromatic nitrogens is 1. The molecular formula is C12H12ClFN2O3S. The molecule has 0 unspecified atom stereocenters. The number of sulfonamides is 1. The van der Waals surface area contributed by atoms with E-state index in [9.17, 15) is 12.8 Å². The summed E-state index contributed by atoms with van der Waals surface area (Å²) in [6.45, 7) is 4.52. The van der Waals surface area contributed by atoms with Crippen molar-refractivity contribution in [3.05, 3.63) is 40.0 Å². The molecule has 108 valence electrons. The lowest BCUT2D eigenvalue weighted by Gasteiger charge is -2.10. The Kier molecular flexibility index (Phi) is 3.75. The number of nitrogens with zero attached hydrogens (tertiary/aromatic N) is 1. The predicted molar refractivity (Wildman–Crippen MR) is 72.9 cm³/mol. The van der Waals surface area contributed by atoms with Gasteiger partial charge in [-0.2, -0.15) is 0 Å². The highest BCUT2D eigenvalue weighted by Crippen LogP contribution is 2.29. The number of aryl methyl sites for hydroxylation is 3. The quantitative estimate of drug-likeness (QED) is 0.943. The van der Waals surface area contributed by atoms with Gasteiger partial charge in [-0.05, 0) is 38.5 Å². The molecule has 1 aromatic heterocycles. The largest absolute Gasteiger partial charge is 0.360 e. The summed E-state index contributed by atoms with van der Waals surface area (Å²) in [5.74, 6) is -0.333. The zero-order valence-electron chi connectivity index (χ0n) is 11.0. The summed E-state index contributed by atoms with van der Waals surface area (Å²) in [6, 6.07) is 2.38. The van der Waals surface area contributed by atoms with E-state index >= 15 is 0 Å². The van der Waals surface area contributed by atoms with Gasteiger partial charge < -0.3 is 4.52 Å². The minimum atomic E-state index is -3.90. The van der Waals surface area contributed by atoms with Crippen molar-refractivity contribution < 1.29 is 17.3 Å². The summed E-state index contributed by atoms with van der Waals surface area (Å²) in [5.41, 5.74) is 0.626. The highest BCUT2D eigenvalue weighted by atomic mass is 35.5. The van der Waals surface area contributed by atoms with E-state index < -0.39 is 15.8 Å². The molecule has 1 heterocycles. The number of hydrogen-bond acceptors (Lipinski definition) is 4. The van der Waals surface area contributed by atoms with Gasteiger partial charge in [-0.15, -0.1) is 0 Å². The van der Waals surface area contributed by atoms with E-state index in [1.165, 1.54) is 26.8 Å². The fourth-order valence-corrected chi connectivity index (χ4v) is 3.45. The van der Waals surface area contributed by atoms with Gasteiger partial charge in [0.05, 0.1) is 10.7 Å². The third kappa shape index (κ3) is 2.64. The van der Waals surface area contributed by atoms with Gasteiger partial charge in [0, 0.05) is 0 Å². The third-order valence-corrected chi connectivity index (χ3v) is 4.65. The van der Waals surface area contributed by atoms with Gasteiger partial charge in [0.25, 0.3) is 10.0 Å². The Balaban J connectivity index is 2.47. The Bertz CT molecular complexity index is 752. The Labute approximate surface area is 120 Å². The second-order valence-electron chi connectivity index (χ2n) is 4.34. The molecule has 0 radical (unpaired) electrons. The van der Waals surface area contributed by atoms with Crippen LogP contribution in [0.25, 0.3) is 0 Å². The fourth-order valence-electron chi connectivity index (χ4n) is 1.79. The zero-order chi connectivity index (χ0) is 15.1. The molecule has 1 aromatic carbocycles. The maximum Gasteiger partial charge on any atom is 0.267 e. The molecule has 5 nitrogen and oxygen atoms in total. The van der Waals surface area contributed by atoms with Crippen molar-refractivity contribution in [2.75, 3.05) is 4.72 Å². The number of nitrogens with one attached hydrogen (secondary N) is 1. The van der Waals surface area contributed by atoms with Crippen LogP contribution in [0.5, 0.6) is 0 Å². The summed E-state index contributed by atoms with van der Waals surface area (Å²) in [7, 11) is -3.90. The maximum atomic E-state index is 13.3. The standard InChI is InChI=1S/C12H12ClFN2O3S/c1-6-4-11(9(13)5-10(6)14)16-20(17,18)12-7(2)15-19-8(12)3/h4-5,16H,1-3H3. The number of benzene rings is 1. The van der Waals surface area contributed by atoms with Gasteiger partial charge in [-0.1, -0.05) is 16.8 Å². The van der Waals surface area contributed by atoms with Gasteiger partial charge in [-0.25, -0.2) is 12.8 Å². The Hall–Kier alpha value is -1.60. The van der Waals surface area contributed by atoms with E-state index in [0.29, 0.717) is 0 Å². The summed E-state index contributed by atoms with van der Waals surface area (Å²) in [5, 5.41) is 3.57. The molecule has 0 amide bonds. The predicted octanol–water partition coefficient (Wildman–Crippen LogP) is 3.19. The van der Waals surface area contributed by atoms with Gasteiger partial charge >= 0.3 is 0 Å². The second kappa shape index (κ2) is 5.06. The van der Waals surface area contributed by atoms with Crippen molar-refractivity contribution in [1.29, 1.82) is 0 Å². The van der Waals surface area contributed by atoms with E-state index in [-0.39, 0.29) is 32.6 Å². The number of halogens is 2. The first kappa shape index (κ1) is 14.8. The summed E-state index contributed by atoms with van der Waals surface area (Å²) in [6.07, 6.45) is 0. The second-order valence-corrected chi connectivity index (χ2v) is 6.37. The average Bonchev–Trinajstić information content (AvgIpc) is 2.66. The van der Waals surface area contributed by atoms with Gasteiger partial charge in [-0.3, -0.25) is 4.72 Å². The average molecular weight is 319 g/mol. The molecule has 0 atom stereocenters. The number of rotatable bonds is 3. The molecule has 2 aromatic rings. The SMILES string of the molecule is Cc1cc(NS(=O)(=O)c2c(C)noc2C)c(Cl)cc1F. The van der Waals surface area contributed by atoms with Crippen LogP contribution in [0.3, 0.4) is 0 Å². The van der Waals surface area contributed by atoms with E-state index in [1.807, 2.05) is 0 Å². The number of hydrogen-bond donors (Lipinski definition) is 1. The Morgan fingerprint density at radius 1 is 1.30 bits per heavy atom. The minimum Gasteiger partial charge on any atom is -0.360 e. The molecule has 0 bridgehead atoms. The zero-order valence-corrected chi connectivity index (χ0v) is 12.6. The molecule has 8 heteroatoms. The van der Waals surface area contributed by atoms with Crippen molar-refractivity contribution in [3.8, 4) is 0 Å². The van der Waals surface area contributed by atoms with E-state index in [2.05, 4.69) is 9.88 Å². The van der Waals surface area contributed by atoms with Crippen LogP contribution in [0.15, 0.2) is 21.6 Å². The first-order chi connectivity index (χ1) is 9.22. The molecular weight excluding hydrogens is 307 g/mol. The first-order valence-electron chi connectivity index (χ1n) is 5.63. The highest BCUT2D eigenvalue weighted by Gasteiger charge is 2.25. The Morgan fingerprint density at radius 2 is 1.95 bits per heavy atom. The van der Waals surface area contributed by atoms with Crippen LogP contribution in [0.4, 0.5) is 10.1 Å². The number of anilines is 1. The van der Waals surface area contributed by atoms with Crippen LogP contribution in [-0.4, -0.2) is 13.6 Å². The summed E-state index contributed by atoms with van der Waals surface area (Å²) >= 11 is 5.84. The van der Waals surface area contributed by atoms with Crippen LogP contribution in [0.1, 0.15) is 17.0 Å². The molecule has 0 saturated heterocycles. The molecule has 0 aliphatic rings. The third-order valence-electron chi connectivity index (χ3n) is 2.73. The van der Waals surface area contributed by atoms with E-state index in [1.54, 1.807) is 0 Å². The normalized spacial score (nSPS) is 11.7. The topological polar surface area (TPSA) is 72.2 Å². The molecule has 0 fully saturated rings. The van der Waals surface area contributed by atoms with Gasteiger partial charge in [0.1, 0.15) is 11.5 Å². The molecule has 1 N–H and O–H groups in total. The van der Waals surface area contributed by atoms with Crippen molar-refractivity contribution in [1.82, 2.24) is 5.16 Å². The van der Waals surface area contributed by atoms with Crippen molar-refractivity contribution >= 4 is 27.3 Å². The first-order valence-corrected chi connectivity index (χ1v) is 7.50. The van der Waals surface area contributed by atoms with Crippen LogP contribution in [-0.2, 0) is 10.0 Å². The highest BCUT2D eigenvalue weighted by molar-refractivity contribution is 7.92. The van der Waals surface area contributed by atoms with Gasteiger partial charge in [0.15, 0.2) is 10.7 Å². The fraction of sp³-hybridized carbons (Fsp3) is 0.250. The maximum absolute atomic E-state index is 13.3. The van der Waals surface area contributed by atoms with Crippen LogP contribution in [0.2, 0.25) is 5.02 Å². The molecule has 0 saturated carbocycles. The molecule has 0 spiro atoms. The minimum absolute atomic E-state index is 0.0246. The van der Waals surface area contributed by atoms with Gasteiger partial charge in [0.2, 0.25) is 0 Å². The lowest BCUT2D eigenvalue weighted by atomic mass is 10.2. The molecule has 0 aliphatic heterocycles. The van der Waals surface area contributed by atoms with Crippen LogP contribution >= 0.6 is 11.6 Å². The lowest BCUT2D eigenvalue weighted by molar-refractivity contribution is 0.390. The monoisotopic (exact) mass is 318 g/mol. The van der Waals surface area contributed by atoms with Crippen molar-refractivity contribution in [3.63, 3.8) is 0 Å². The molecule has 0 aliphatic carbocycles. The summed E-state index contributed by atoms with van der Waals surface area (Å²) < 4.78 is 45.0. The van der Waals surface area contributed by atoms with E-state index in [4.69, 9.17) is 16.1 Å². The van der Waals surface area contributed by atoms with Crippen LogP contribution in [0, 0.1) is 26.6 Å². The van der Waals surface area contributed by atoms with E-state index in [0.717, 1.165) is 6.07 Å². The van der Waals surface area contributed by atoms with Crippen LogP contribution < -0.4 is 4.72 Å². The Morgan fingerprint density at radius 3 is 2.50 bits per heavy atom. The smallest absolute Gasteiger partial charge is 0.267 e.